The van der Waals surface area contributed by atoms with Gasteiger partial charge < -0.3 is 19.6 Å². The minimum absolute atomic E-state index is 0.656. The molecule has 9 nitrogen and oxygen atoms in total. The topological polar surface area (TPSA) is 88.0 Å². The maximum Gasteiger partial charge on any atom is 0.180 e. The van der Waals surface area contributed by atoms with Crippen molar-refractivity contribution in [3.8, 4) is 28.7 Å². The zero-order valence-electron chi connectivity index (χ0n) is 18.6. The minimum atomic E-state index is 0.656. The number of aromatic nitrogens is 6. The Bertz CT molecular complexity index is 1430. The highest BCUT2D eigenvalue weighted by atomic mass is 16.5. The van der Waals surface area contributed by atoms with Crippen molar-refractivity contribution in [2.24, 2.45) is 0 Å². The van der Waals surface area contributed by atoms with Crippen LogP contribution in [0.1, 0.15) is 0 Å². The largest absolute Gasteiger partial charge is 0.497 e. The molecule has 1 N–H and O–H groups in total. The van der Waals surface area contributed by atoms with Gasteiger partial charge in [-0.15, -0.1) is 0 Å². The lowest BCUT2D eigenvalue weighted by Crippen LogP contribution is -2.50. The Kier molecular flexibility index (Phi) is 4.69. The van der Waals surface area contributed by atoms with Crippen molar-refractivity contribution >= 4 is 22.3 Å². The fourth-order valence-electron chi connectivity index (χ4n) is 4.23. The van der Waals surface area contributed by atoms with Gasteiger partial charge in [0, 0.05) is 37.9 Å². The van der Waals surface area contributed by atoms with Gasteiger partial charge in [0.15, 0.2) is 17.1 Å². The zero-order valence-corrected chi connectivity index (χ0v) is 18.6. The molecule has 0 atom stereocenters. The van der Waals surface area contributed by atoms with Gasteiger partial charge >= 0.3 is 0 Å². The summed E-state index contributed by atoms with van der Waals surface area (Å²) in [5.74, 6) is 2.36. The molecule has 1 aliphatic rings. The van der Waals surface area contributed by atoms with E-state index in [1.165, 1.54) is 0 Å². The number of H-pyrrole nitrogens is 1. The molecule has 33 heavy (non-hydrogen) atoms. The number of benzene rings is 1. The van der Waals surface area contributed by atoms with E-state index in [0.29, 0.717) is 5.65 Å². The summed E-state index contributed by atoms with van der Waals surface area (Å²) in [5, 5.41) is 2.30. The van der Waals surface area contributed by atoms with E-state index in [0.717, 1.165) is 71.5 Å². The van der Waals surface area contributed by atoms with Crippen molar-refractivity contribution in [1.29, 1.82) is 0 Å². The molecule has 1 fully saturated rings. The number of aromatic amines is 1. The van der Waals surface area contributed by atoms with Crippen molar-refractivity contribution in [3.05, 3.63) is 54.7 Å². The monoisotopic (exact) mass is 440 g/mol. The van der Waals surface area contributed by atoms with E-state index in [9.17, 15) is 0 Å². The Balaban J connectivity index is 1.43. The quantitative estimate of drug-likeness (QED) is 0.460. The number of pyridine rings is 2. The van der Waals surface area contributed by atoms with Crippen LogP contribution in [0.3, 0.4) is 0 Å². The Morgan fingerprint density at radius 1 is 0.909 bits per heavy atom. The van der Waals surface area contributed by atoms with Crippen LogP contribution in [0.15, 0.2) is 54.7 Å². The molecule has 0 amide bonds. The van der Waals surface area contributed by atoms with Gasteiger partial charge in [-0.25, -0.2) is 24.6 Å². The third-order valence-electron chi connectivity index (χ3n) is 6.09. The van der Waals surface area contributed by atoms with E-state index in [2.05, 4.69) is 31.6 Å². The zero-order chi connectivity index (χ0) is 22.4. The number of rotatable bonds is 4. The molecule has 9 heteroatoms. The number of hydrogen-bond acceptors (Lipinski definition) is 7. The van der Waals surface area contributed by atoms with E-state index in [1.807, 2.05) is 54.7 Å². The summed E-state index contributed by atoms with van der Waals surface area (Å²) in [5.41, 5.74) is 4.99. The summed E-state index contributed by atoms with van der Waals surface area (Å²) in [6, 6.07) is 15.7. The second kappa shape index (κ2) is 7.86. The molecule has 166 valence electrons. The maximum absolute atomic E-state index is 5.26. The van der Waals surface area contributed by atoms with Crippen LogP contribution in [0.5, 0.6) is 5.75 Å². The summed E-state index contributed by atoms with van der Waals surface area (Å²) in [6.07, 6.45) is 1.81. The molecule has 1 saturated heterocycles. The van der Waals surface area contributed by atoms with Crippen LogP contribution in [0.25, 0.3) is 45.2 Å². The smallest absolute Gasteiger partial charge is 0.180 e. The van der Waals surface area contributed by atoms with E-state index >= 15 is 0 Å². The summed E-state index contributed by atoms with van der Waals surface area (Å²) in [6.45, 7) is 3.78. The first-order valence-corrected chi connectivity index (χ1v) is 11.0. The number of fused-ring (bicyclic) bond motifs is 2. The molecule has 0 bridgehead atoms. The lowest BCUT2D eigenvalue weighted by atomic mass is 10.2. The van der Waals surface area contributed by atoms with Crippen LogP contribution in [0.4, 0.5) is 0 Å². The van der Waals surface area contributed by atoms with Gasteiger partial charge in [0.25, 0.3) is 0 Å². The van der Waals surface area contributed by atoms with Gasteiger partial charge in [-0.1, -0.05) is 0 Å². The highest BCUT2D eigenvalue weighted by Gasteiger charge is 2.23. The average molecular weight is 441 g/mol. The molecule has 0 unspecified atom stereocenters. The Hall–Kier alpha value is -3.98. The molecule has 6 rings (SSSR count). The highest BCUT2D eigenvalue weighted by Crippen LogP contribution is 2.27. The minimum Gasteiger partial charge on any atom is -0.497 e. The van der Waals surface area contributed by atoms with Crippen molar-refractivity contribution in [1.82, 2.24) is 34.5 Å². The molecule has 0 radical (unpaired) electrons. The third-order valence-corrected chi connectivity index (χ3v) is 6.09. The highest BCUT2D eigenvalue weighted by molar-refractivity contribution is 5.81. The molecule has 5 aromatic rings. The van der Waals surface area contributed by atoms with E-state index in [4.69, 9.17) is 19.7 Å². The second-order valence-electron chi connectivity index (χ2n) is 8.23. The van der Waals surface area contributed by atoms with Gasteiger partial charge in [-0.3, -0.25) is 0 Å². The first-order chi connectivity index (χ1) is 16.2. The molecular formula is C24H24N8O. The normalized spacial score (nSPS) is 14.9. The number of nitrogens with one attached hydrogen (secondary N) is 1. The Morgan fingerprint density at radius 2 is 1.73 bits per heavy atom. The van der Waals surface area contributed by atoms with Crippen LogP contribution in [0.2, 0.25) is 0 Å². The van der Waals surface area contributed by atoms with E-state index in [-0.39, 0.29) is 0 Å². The third kappa shape index (κ3) is 3.46. The second-order valence-corrected chi connectivity index (χ2v) is 8.23. The lowest BCUT2D eigenvalue weighted by Gasteiger charge is -2.35. The average Bonchev–Trinajstić information content (AvgIpc) is 3.46. The van der Waals surface area contributed by atoms with Gasteiger partial charge in [0.05, 0.1) is 12.6 Å². The number of ether oxygens (including phenoxy) is 1. The Labute approximate surface area is 190 Å². The fourth-order valence-corrected chi connectivity index (χ4v) is 4.23. The predicted octanol–water partition coefficient (Wildman–Crippen LogP) is 2.93. The molecule has 0 spiro atoms. The SMILES string of the molecule is COc1ccc(-c2nc3nc(-c4nc5cccnc5n4N4CCN(C)CC4)ccc3[nH]2)cc1. The molecule has 4 aromatic heterocycles. The number of methoxy groups -OCH3 is 1. The molecule has 1 aliphatic heterocycles. The van der Waals surface area contributed by atoms with Crippen LogP contribution >= 0.6 is 0 Å². The van der Waals surface area contributed by atoms with Crippen molar-refractivity contribution < 1.29 is 4.74 Å². The Morgan fingerprint density at radius 3 is 2.52 bits per heavy atom. The number of nitrogens with zero attached hydrogens (tertiary/aromatic N) is 7. The van der Waals surface area contributed by atoms with E-state index in [1.54, 1.807) is 7.11 Å². The number of imidazole rings is 2. The predicted molar refractivity (Wildman–Crippen MR) is 128 cm³/mol. The van der Waals surface area contributed by atoms with Crippen molar-refractivity contribution in [2.45, 2.75) is 0 Å². The molecule has 5 heterocycles. The van der Waals surface area contributed by atoms with Crippen LogP contribution < -0.4 is 9.75 Å². The molecular weight excluding hydrogens is 416 g/mol. The van der Waals surface area contributed by atoms with Gasteiger partial charge in [0.1, 0.15) is 22.8 Å². The number of piperazine rings is 1. The fraction of sp³-hybridized carbons (Fsp3) is 0.250. The molecule has 1 aromatic carbocycles. The van der Waals surface area contributed by atoms with Gasteiger partial charge in [-0.2, -0.15) is 0 Å². The summed E-state index contributed by atoms with van der Waals surface area (Å²) < 4.78 is 7.38. The summed E-state index contributed by atoms with van der Waals surface area (Å²) in [7, 11) is 3.81. The summed E-state index contributed by atoms with van der Waals surface area (Å²) in [4.78, 5) is 24.9. The first-order valence-electron chi connectivity index (χ1n) is 11.0. The van der Waals surface area contributed by atoms with Crippen molar-refractivity contribution in [3.63, 3.8) is 0 Å². The van der Waals surface area contributed by atoms with Gasteiger partial charge in [-0.05, 0) is 55.6 Å². The number of likely N-dealkylation sites (N-methyl/N-ethyl adjacent to an activating group) is 1. The van der Waals surface area contributed by atoms with E-state index < -0.39 is 0 Å². The van der Waals surface area contributed by atoms with Crippen LogP contribution in [0, 0.1) is 0 Å². The number of hydrogen-bond donors (Lipinski definition) is 1. The lowest BCUT2D eigenvalue weighted by molar-refractivity contribution is 0.289. The molecule has 0 aliphatic carbocycles. The van der Waals surface area contributed by atoms with Crippen molar-refractivity contribution in [2.75, 3.05) is 45.3 Å². The van der Waals surface area contributed by atoms with Crippen LogP contribution in [-0.2, 0) is 0 Å². The van der Waals surface area contributed by atoms with Crippen LogP contribution in [-0.4, -0.2) is 74.8 Å². The summed E-state index contributed by atoms with van der Waals surface area (Å²) >= 11 is 0. The maximum atomic E-state index is 5.26. The first kappa shape index (κ1) is 19.7. The standard InChI is InChI=1S/C24H24N8O/c1-30-12-14-31(15-13-30)32-23-19(4-3-11-25-23)28-24(32)20-10-9-18-22(27-20)29-21(26-18)16-5-7-17(33-2)8-6-16/h3-11H,12-15H2,1-2H3,(H,26,27,29). The van der Waals surface area contributed by atoms with Gasteiger partial charge in [0.2, 0.25) is 0 Å². The molecule has 0 saturated carbocycles.